The SMILES string of the molecule is COc1cc(C=C(C#N)C(=O)C(C)C)ccc1OCCCCCCCCCCCCCCCCCOc1ccc(C=C(C#N)C(=O)C(C)C)cc1OC. The maximum Gasteiger partial charge on any atom is 0.175 e. The Morgan fingerprint density at radius 2 is 0.830 bits per heavy atom. The number of carbonyl (C=O) groups is 2. The lowest BCUT2D eigenvalue weighted by atomic mass is 10.00. The molecule has 8 heteroatoms. The van der Waals surface area contributed by atoms with Crippen LogP contribution in [-0.4, -0.2) is 39.0 Å². The first-order valence-electron chi connectivity index (χ1n) is 19.6. The number of hydrogen-bond donors (Lipinski definition) is 0. The zero-order valence-corrected chi connectivity index (χ0v) is 33.1. The molecule has 0 bridgehead atoms. The van der Waals surface area contributed by atoms with E-state index in [4.69, 9.17) is 18.9 Å². The number of ether oxygens (including phenoxy) is 4. The van der Waals surface area contributed by atoms with E-state index in [0.717, 1.165) is 36.8 Å². The molecule has 0 aliphatic rings. The van der Waals surface area contributed by atoms with Crippen molar-refractivity contribution < 1.29 is 28.5 Å². The van der Waals surface area contributed by atoms with Crippen LogP contribution < -0.4 is 18.9 Å². The Kier molecular flexibility index (Phi) is 22.1. The lowest BCUT2D eigenvalue weighted by Crippen LogP contribution is -2.08. The van der Waals surface area contributed by atoms with Crippen molar-refractivity contribution in [3.8, 4) is 35.1 Å². The Bertz CT molecular complexity index is 1440. The summed E-state index contributed by atoms with van der Waals surface area (Å²) in [5.41, 5.74) is 1.76. The summed E-state index contributed by atoms with van der Waals surface area (Å²) in [4.78, 5) is 24.4. The molecule has 288 valence electrons. The maximum atomic E-state index is 12.2. The standard InChI is InChI=1S/C45H62N2O6/c1-34(2)44(48)38(32-46)28-36-22-24-40(42(30-36)50-5)52-26-20-18-16-14-12-10-8-7-9-11-13-15-17-19-21-27-53-41-25-23-37(31-43(41)51-6)29-39(33-47)45(49)35(3)4/h22-25,28-31,34-35H,7-21,26-27H2,1-6H3. The van der Waals surface area contributed by atoms with E-state index in [2.05, 4.69) is 0 Å². The van der Waals surface area contributed by atoms with Gasteiger partial charge in [-0.1, -0.05) is 123 Å². The van der Waals surface area contributed by atoms with Gasteiger partial charge in [0.25, 0.3) is 0 Å². The van der Waals surface area contributed by atoms with Gasteiger partial charge >= 0.3 is 0 Å². The summed E-state index contributed by atoms with van der Waals surface area (Å²) in [7, 11) is 3.19. The summed E-state index contributed by atoms with van der Waals surface area (Å²) < 4.78 is 22.9. The summed E-state index contributed by atoms with van der Waals surface area (Å²) in [5, 5.41) is 18.7. The van der Waals surface area contributed by atoms with Gasteiger partial charge in [0, 0.05) is 11.8 Å². The van der Waals surface area contributed by atoms with Crippen LogP contribution in [0.5, 0.6) is 23.0 Å². The molecule has 2 aromatic rings. The van der Waals surface area contributed by atoms with Crippen molar-refractivity contribution in [2.45, 2.75) is 124 Å². The molecule has 0 amide bonds. The van der Waals surface area contributed by atoms with Crippen LogP contribution in [0.4, 0.5) is 0 Å². The molecular formula is C45H62N2O6. The van der Waals surface area contributed by atoms with E-state index in [1.54, 1.807) is 66.2 Å². The summed E-state index contributed by atoms with van der Waals surface area (Å²) in [6.45, 7) is 8.41. The van der Waals surface area contributed by atoms with Gasteiger partial charge in [-0.2, -0.15) is 10.5 Å². The summed E-state index contributed by atoms with van der Waals surface area (Å²) in [5.74, 6) is 1.75. The van der Waals surface area contributed by atoms with E-state index in [1.807, 2.05) is 36.4 Å². The van der Waals surface area contributed by atoms with Crippen molar-refractivity contribution in [1.29, 1.82) is 10.5 Å². The van der Waals surface area contributed by atoms with Crippen LogP contribution in [0.1, 0.15) is 135 Å². The molecule has 0 heterocycles. The smallest absolute Gasteiger partial charge is 0.175 e. The lowest BCUT2D eigenvalue weighted by Gasteiger charge is -2.12. The highest BCUT2D eigenvalue weighted by molar-refractivity contribution is 6.04. The van der Waals surface area contributed by atoms with Crippen LogP contribution in [0.2, 0.25) is 0 Å². The Morgan fingerprint density at radius 1 is 0.528 bits per heavy atom. The molecule has 8 nitrogen and oxygen atoms in total. The average molecular weight is 727 g/mol. The molecule has 2 aromatic carbocycles. The molecule has 2 rings (SSSR count). The van der Waals surface area contributed by atoms with E-state index in [-0.39, 0.29) is 34.5 Å². The second-order valence-electron chi connectivity index (χ2n) is 14.2. The van der Waals surface area contributed by atoms with Gasteiger partial charge in [0.05, 0.1) is 38.6 Å². The van der Waals surface area contributed by atoms with E-state index in [1.165, 1.54) is 70.6 Å². The van der Waals surface area contributed by atoms with Gasteiger partial charge in [-0.05, 0) is 60.4 Å². The highest BCUT2D eigenvalue weighted by Crippen LogP contribution is 2.31. The molecule has 0 N–H and O–H groups in total. The molecule has 0 saturated carbocycles. The van der Waals surface area contributed by atoms with Crippen LogP contribution >= 0.6 is 0 Å². The molecule has 0 aliphatic heterocycles. The minimum atomic E-state index is -0.229. The van der Waals surface area contributed by atoms with Gasteiger partial charge in [-0.3, -0.25) is 9.59 Å². The number of Topliss-reactive ketones (excluding diaryl/α,β-unsaturated/α-hetero) is 2. The van der Waals surface area contributed by atoms with Gasteiger partial charge in [-0.25, -0.2) is 0 Å². The van der Waals surface area contributed by atoms with Crippen LogP contribution in [0.15, 0.2) is 47.5 Å². The van der Waals surface area contributed by atoms with Gasteiger partial charge < -0.3 is 18.9 Å². The fourth-order valence-electron chi connectivity index (χ4n) is 5.93. The zero-order valence-electron chi connectivity index (χ0n) is 33.1. The molecule has 0 fully saturated rings. The molecule has 0 atom stereocenters. The maximum absolute atomic E-state index is 12.2. The van der Waals surface area contributed by atoms with Gasteiger partial charge in [0.1, 0.15) is 12.1 Å². The summed E-state index contributed by atoms with van der Waals surface area (Å²) >= 11 is 0. The van der Waals surface area contributed by atoms with Gasteiger partial charge in [0.15, 0.2) is 34.6 Å². The monoisotopic (exact) mass is 726 g/mol. The van der Waals surface area contributed by atoms with Crippen LogP contribution in [-0.2, 0) is 9.59 Å². The van der Waals surface area contributed by atoms with Crippen molar-refractivity contribution in [3.63, 3.8) is 0 Å². The topological polar surface area (TPSA) is 119 Å². The Hall–Kier alpha value is -4.56. The first-order valence-corrected chi connectivity index (χ1v) is 19.6. The molecule has 0 saturated heterocycles. The minimum absolute atomic E-state index is 0.144. The number of nitriles is 2. The van der Waals surface area contributed by atoms with E-state index < -0.39 is 0 Å². The molecule has 0 unspecified atom stereocenters. The van der Waals surface area contributed by atoms with E-state index in [9.17, 15) is 20.1 Å². The number of ketones is 2. The number of benzene rings is 2. The summed E-state index contributed by atoms with van der Waals surface area (Å²) in [6.07, 6.45) is 21.7. The van der Waals surface area contributed by atoms with Crippen molar-refractivity contribution in [1.82, 2.24) is 0 Å². The average Bonchev–Trinajstić information content (AvgIpc) is 3.16. The molecule has 0 spiro atoms. The number of rotatable bonds is 28. The van der Waals surface area contributed by atoms with Gasteiger partial charge in [0.2, 0.25) is 0 Å². The normalized spacial score (nSPS) is 11.7. The molecule has 0 aromatic heterocycles. The number of allylic oxidation sites excluding steroid dienone is 2. The van der Waals surface area contributed by atoms with Crippen molar-refractivity contribution >= 4 is 23.7 Å². The number of hydrogen-bond acceptors (Lipinski definition) is 8. The second-order valence-corrected chi connectivity index (χ2v) is 14.2. The summed E-state index contributed by atoms with van der Waals surface area (Å²) in [6, 6.07) is 15.0. The first kappa shape index (κ1) is 44.6. The number of unbranched alkanes of at least 4 members (excludes halogenated alkanes) is 14. The van der Waals surface area contributed by atoms with Gasteiger partial charge in [-0.15, -0.1) is 0 Å². The van der Waals surface area contributed by atoms with E-state index >= 15 is 0 Å². The fraction of sp³-hybridized carbons (Fsp3) is 0.556. The lowest BCUT2D eigenvalue weighted by molar-refractivity contribution is -0.118. The highest BCUT2D eigenvalue weighted by Gasteiger charge is 2.15. The molecular weight excluding hydrogens is 665 g/mol. The first-order chi connectivity index (χ1) is 25.6. The Labute approximate surface area is 319 Å². The van der Waals surface area contributed by atoms with E-state index in [0.29, 0.717) is 36.2 Å². The highest BCUT2D eigenvalue weighted by atomic mass is 16.5. The zero-order chi connectivity index (χ0) is 38.8. The number of methoxy groups -OCH3 is 2. The van der Waals surface area contributed by atoms with Crippen molar-refractivity contribution in [2.75, 3.05) is 27.4 Å². The third-order valence-electron chi connectivity index (χ3n) is 9.12. The number of carbonyl (C=O) groups excluding carboxylic acids is 2. The second kappa shape index (κ2) is 26.2. The van der Waals surface area contributed by atoms with Crippen LogP contribution in [0, 0.1) is 34.5 Å². The quantitative estimate of drug-likeness (QED) is 0.0483. The largest absolute Gasteiger partial charge is 0.493 e. The predicted molar refractivity (Wildman–Crippen MR) is 213 cm³/mol. The molecule has 0 radical (unpaired) electrons. The van der Waals surface area contributed by atoms with Crippen molar-refractivity contribution in [2.24, 2.45) is 11.8 Å². The molecule has 53 heavy (non-hydrogen) atoms. The van der Waals surface area contributed by atoms with Crippen LogP contribution in [0.25, 0.3) is 12.2 Å². The molecule has 0 aliphatic carbocycles. The third-order valence-corrected chi connectivity index (χ3v) is 9.12. The minimum Gasteiger partial charge on any atom is -0.493 e. The van der Waals surface area contributed by atoms with Crippen LogP contribution in [0.3, 0.4) is 0 Å². The Morgan fingerprint density at radius 3 is 1.09 bits per heavy atom. The fourth-order valence-corrected chi connectivity index (χ4v) is 5.93. The predicted octanol–water partition coefficient (Wildman–Crippen LogP) is 11.3. The third kappa shape index (κ3) is 17.2. The Balaban J connectivity index is 1.47. The van der Waals surface area contributed by atoms with Crippen molar-refractivity contribution in [3.05, 3.63) is 58.7 Å². The number of nitrogens with zero attached hydrogens (tertiary/aromatic N) is 2.